The molecule has 2 heterocycles. The summed E-state index contributed by atoms with van der Waals surface area (Å²) in [4.78, 5) is 32.0. The van der Waals surface area contributed by atoms with Crippen LogP contribution in [0.2, 0.25) is 0 Å². The minimum Gasteiger partial charge on any atom is -0.345 e. The van der Waals surface area contributed by atoms with Gasteiger partial charge in [-0.1, -0.05) is 29.8 Å². The minimum absolute atomic E-state index is 0.110. The number of rotatable bonds is 5. The second-order valence-electron chi connectivity index (χ2n) is 7.60. The van der Waals surface area contributed by atoms with Gasteiger partial charge in [-0.05, 0) is 50.5 Å². The van der Waals surface area contributed by atoms with Crippen LogP contribution in [0, 0.1) is 6.92 Å². The summed E-state index contributed by atoms with van der Waals surface area (Å²) in [6.07, 6.45) is 3.32. The molecule has 6 nitrogen and oxygen atoms in total. The quantitative estimate of drug-likeness (QED) is 0.727. The van der Waals surface area contributed by atoms with Crippen LogP contribution in [-0.2, 0) is 17.9 Å². The molecule has 0 bridgehead atoms. The van der Waals surface area contributed by atoms with Crippen LogP contribution in [0.15, 0.2) is 48.5 Å². The molecular formula is C23H26N4O2. The highest BCUT2D eigenvalue weighted by molar-refractivity contribution is 5.94. The van der Waals surface area contributed by atoms with Crippen molar-refractivity contribution < 1.29 is 9.59 Å². The van der Waals surface area contributed by atoms with E-state index >= 15 is 0 Å². The number of aryl methyl sites for hydroxylation is 1. The van der Waals surface area contributed by atoms with Gasteiger partial charge in [-0.2, -0.15) is 0 Å². The van der Waals surface area contributed by atoms with Crippen LogP contribution in [0.4, 0.5) is 0 Å². The zero-order valence-electron chi connectivity index (χ0n) is 16.7. The van der Waals surface area contributed by atoms with Gasteiger partial charge in [-0.3, -0.25) is 9.59 Å². The first-order chi connectivity index (χ1) is 14.1. The van der Waals surface area contributed by atoms with Crippen molar-refractivity contribution in [1.29, 1.82) is 0 Å². The summed E-state index contributed by atoms with van der Waals surface area (Å²) >= 11 is 0. The molecule has 29 heavy (non-hydrogen) atoms. The zero-order valence-corrected chi connectivity index (χ0v) is 16.7. The van der Waals surface area contributed by atoms with Crippen LogP contribution in [-0.4, -0.2) is 39.4 Å². The van der Waals surface area contributed by atoms with E-state index in [1.165, 1.54) is 6.42 Å². The number of carbonyl (C=O) groups is 2. The molecule has 2 aromatic carbocycles. The summed E-state index contributed by atoms with van der Waals surface area (Å²) < 4.78 is 1.93. The van der Waals surface area contributed by atoms with Crippen LogP contribution in [0.1, 0.15) is 41.0 Å². The molecule has 0 radical (unpaired) electrons. The predicted octanol–water partition coefficient (Wildman–Crippen LogP) is 3.29. The number of hydrogen-bond donors (Lipinski definition) is 1. The van der Waals surface area contributed by atoms with Crippen molar-refractivity contribution in [2.45, 2.75) is 39.3 Å². The van der Waals surface area contributed by atoms with Crippen LogP contribution in [0.5, 0.6) is 0 Å². The molecule has 6 heteroatoms. The molecule has 1 N–H and O–H groups in total. The van der Waals surface area contributed by atoms with Gasteiger partial charge in [-0.15, -0.1) is 0 Å². The van der Waals surface area contributed by atoms with Crippen molar-refractivity contribution in [3.05, 3.63) is 65.5 Å². The lowest BCUT2D eigenvalue weighted by Crippen LogP contribution is -2.38. The lowest BCUT2D eigenvalue weighted by molar-refractivity contribution is -0.132. The maximum absolute atomic E-state index is 12.8. The van der Waals surface area contributed by atoms with Crippen molar-refractivity contribution >= 4 is 22.8 Å². The highest BCUT2D eigenvalue weighted by Gasteiger charge is 2.20. The molecule has 0 atom stereocenters. The topological polar surface area (TPSA) is 67.2 Å². The molecular weight excluding hydrogens is 364 g/mol. The maximum atomic E-state index is 12.8. The van der Waals surface area contributed by atoms with Crippen LogP contribution >= 0.6 is 0 Å². The number of imidazole rings is 1. The number of piperidine rings is 1. The Labute approximate surface area is 170 Å². The molecule has 1 aromatic heterocycles. The average molecular weight is 390 g/mol. The Balaban J connectivity index is 1.54. The van der Waals surface area contributed by atoms with E-state index in [9.17, 15) is 9.59 Å². The molecule has 1 aliphatic rings. The van der Waals surface area contributed by atoms with Gasteiger partial charge in [0.1, 0.15) is 12.4 Å². The molecule has 3 aromatic rings. The molecule has 0 aliphatic carbocycles. The van der Waals surface area contributed by atoms with Gasteiger partial charge in [0, 0.05) is 18.7 Å². The first kappa shape index (κ1) is 19.2. The number of nitrogens with zero attached hydrogens (tertiary/aromatic N) is 3. The molecule has 4 rings (SSSR count). The molecule has 0 saturated carbocycles. The largest absolute Gasteiger partial charge is 0.345 e. The van der Waals surface area contributed by atoms with E-state index in [1.54, 1.807) is 6.07 Å². The van der Waals surface area contributed by atoms with Gasteiger partial charge in [0.15, 0.2) is 0 Å². The minimum atomic E-state index is -0.144. The molecule has 1 fully saturated rings. The van der Waals surface area contributed by atoms with Crippen LogP contribution < -0.4 is 5.32 Å². The Morgan fingerprint density at radius 3 is 2.62 bits per heavy atom. The number of nitrogens with one attached hydrogen (secondary N) is 1. The molecule has 150 valence electrons. The summed E-state index contributed by atoms with van der Waals surface area (Å²) in [6, 6.07) is 15.3. The van der Waals surface area contributed by atoms with E-state index in [2.05, 4.69) is 10.3 Å². The molecule has 0 unspecified atom stereocenters. The number of para-hydroxylation sites is 2. The van der Waals surface area contributed by atoms with Crippen LogP contribution in [0.3, 0.4) is 0 Å². The fraction of sp³-hybridized carbons (Fsp3) is 0.348. The molecule has 1 saturated heterocycles. The van der Waals surface area contributed by atoms with Gasteiger partial charge < -0.3 is 14.8 Å². The Bertz CT molecular complexity index is 1030. The smallest absolute Gasteiger partial charge is 0.251 e. The standard InChI is InChI=1S/C23H26N4O2/c1-17-8-7-9-18(14-17)23(29)24-15-21-25-19-10-3-4-11-20(19)27(21)16-22(28)26-12-5-2-6-13-26/h3-4,7-11,14H,2,5-6,12-13,15-16H2,1H3,(H,24,29). The Morgan fingerprint density at radius 2 is 1.83 bits per heavy atom. The number of hydrogen-bond acceptors (Lipinski definition) is 3. The molecule has 0 spiro atoms. The Hall–Kier alpha value is -3.15. The fourth-order valence-electron chi connectivity index (χ4n) is 3.86. The summed E-state index contributed by atoms with van der Waals surface area (Å²) in [5.74, 6) is 0.659. The van der Waals surface area contributed by atoms with E-state index in [1.807, 2.05) is 58.9 Å². The monoisotopic (exact) mass is 390 g/mol. The highest BCUT2D eigenvalue weighted by Crippen LogP contribution is 2.18. The zero-order chi connectivity index (χ0) is 20.2. The van der Waals surface area contributed by atoms with E-state index in [-0.39, 0.29) is 24.9 Å². The summed E-state index contributed by atoms with van der Waals surface area (Å²) in [5.41, 5.74) is 3.41. The van der Waals surface area contributed by atoms with E-state index in [4.69, 9.17) is 0 Å². The first-order valence-corrected chi connectivity index (χ1v) is 10.2. The number of benzene rings is 2. The predicted molar refractivity (Wildman–Crippen MR) is 113 cm³/mol. The van der Waals surface area contributed by atoms with Gasteiger partial charge in [0.05, 0.1) is 17.6 Å². The van der Waals surface area contributed by atoms with Gasteiger partial charge >= 0.3 is 0 Å². The van der Waals surface area contributed by atoms with Crippen molar-refractivity contribution in [1.82, 2.24) is 19.8 Å². The van der Waals surface area contributed by atoms with Crippen LogP contribution in [0.25, 0.3) is 11.0 Å². The number of amides is 2. The number of likely N-dealkylation sites (tertiary alicyclic amines) is 1. The maximum Gasteiger partial charge on any atom is 0.251 e. The summed E-state index contributed by atoms with van der Waals surface area (Å²) in [5, 5.41) is 2.95. The highest BCUT2D eigenvalue weighted by atomic mass is 16.2. The third-order valence-electron chi connectivity index (χ3n) is 5.42. The second kappa shape index (κ2) is 8.47. The van der Waals surface area contributed by atoms with Gasteiger partial charge in [-0.25, -0.2) is 4.98 Å². The SMILES string of the molecule is Cc1cccc(C(=O)NCc2nc3ccccc3n2CC(=O)N2CCCCC2)c1. The molecule has 1 aliphatic heterocycles. The van der Waals surface area contributed by atoms with Crippen molar-refractivity contribution in [3.8, 4) is 0 Å². The Kier molecular flexibility index (Phi) is 5.60. The Morgan fingerprint density at radius 1 is 1.03 bits per heavy atom. The lowest BCUT2D eigenvalue weighted by atomic mass is 10.1. The van der Waals surface area contributed by atoms with Crippen molar-refractivity contribution in [2.75, 3.05) is 13.1 Å². The molecule has 2 amide bonds. The van der Waals surface area contributed by atoms with Crippen molar-refractivity contribution in [3.63, 3.8) is 0 Å². The second-order valence-corrected chi connectivity index (χ2v) is 7.60. The average Bonchev–Trinajstić information content (AvgIpc) is 3.10. The third-order valence-corrected chi connectivity index (χ3v) is 5.42. The number of fused-ring (bicyclic) bond motifs is 1. The van der Waals surface area contributed by atoms with Gasteiger partial charge in [0.2, 0.25) is 5.91 Å². The third kappa shape index (κ3) is 4.31. The van der Waals surface area contributed by atoms with E-state index in [0.717, 1.165) is 42.5 Å². The van der Waals surface area contributed by atoms with E-state index in [0.29, 0.717) is 11.4 Å². The first-order valence-electron chi connectivity index (χ1n) is 10.2. The summed E-state index contributed by atoms with van der Waals surface area (Å²) in [7, 11) is 0. The number of carbonyl (C=O) groups excluding carboxylic acids is 2. The lowest BCUT2D eigenvalue weighted by Gasteiger charge is -2.27. The van der Waals surface area contributed by atoms with Gasteiger partial charge in [0.25, 0.3) is 5.91 Å². The van der Waals surface area contributed by atoms with E-state index < -0.39 is 0 Å². The fourth-order valence-corrected chi connectivity index (χ4v) is 3.86. The summed E-state index contributed by atoms with van der Waals surface area (Å²) in [6.45, 7) is 4.13. The number of aromatic nitrogens is 2. The van der Waals surface area contributed by atoms with Crippen molar-refractivity contribution in [2.24, 2.45) is 0 Å². The normalized spacial score (nSPS) is 14.2.